The van der Waals surface area contributed by atoms with Gasteiger partial charge in [0.25, 0.3) is 0 Å². The Bertz CT molecular complexity index is 913. The summed E-state index contributed by atoms with van der Waals surface area (Å²) in [6.07, 6.45) is 0. The summed E-state index contributed by atoms with van der Waals surface area (Å²) in [6.45, 7) is -0.679. The number of rotatable bonds is 7. The van der Waals surface area contributed by atoms with E-state index in [2.05, 4.69) is 9.46 Å². The summed E-state index contributed by atoms with van der Waals surface area (Å²) >= 11 is 5.95. The van der Waals surface area contributed by atoms with Crippen LogP contribution in [0.2, 0.25) is 5.02 Å². The monoisotopic (exact) mass is 397 g/mol. The Kier molecular flexibility index (Phi) is 6.73. The van der Waals surface area contributed by atoms with Crippen LogP contribution in [0.15, 0.2) is 53.4 Å². The van der Waals surface area contributed by atoms with Gasteiger partial charge >= 0.3 is 11.9 Å². The van der Waals surface area contributed by atoms with E-state index >= 15 is 0 Å². The molecule has 0 aliphatic rings. The Morgan fingerprint density at radius 1 is 1.08 bits per heavy atom. The van der Waals surface area contributed by atoms with Gasteiger partial charge in [0.15, 0.2) is 0 Å². The molecule has 1 N–H and O–H groups in total. The SMILES string of the molecule is COC(=O)c1ccccc1S(=O)(=O)NCC(=O)OCc1ccccc1Cl. The van der Waals surface area contributed by atoms with E-state index in [1.807, 2.05) is 0 Å². The van der Waals surface area contributed by atoms with Crippen LogP contribution < -0.4 is 4.72 Å². The first-order valence-corrected chi connectivity index (χ1v) is 9.27. The van der Waals surface area contributed by atoms with Crippen LogP contribution in [0.4, 0.5) is 0 Å². The van der Waals surface area contributed by atoms with E-state index in [-0.39, 0.29) is 17.1 Å². The van der Waals surface area contributed by atoms with E-state index < -0.39 is 28.5 Å². The molecule has 0 heterocycles. The standard InChI is InChI=1S/C17H16ClNO6S/c1-24-17(21)13-7-3-5-9-15(13)26(22,23)19-10-16(20)25-11-12-6-2-4-8-14(12)18/h2-9,19H,10-11H2,1H3. The molecular weight excluding hydrogens is 382 g/mol. The molecule has 26 heavy (non-hydrogen) atoms. The van der Waals surface area contributed by atoms with E-state index in [0.717, 1.165) is 7.11 Å². The third-order valence-corrected chi connectivity index (χ3v) is 5.16. The van der Waals surface area contributed by atoms with Gasteiger partial charge < -0.3 is 9.47 Å². The van der Waals surface area contributed by atoms with Crippen LogP contribution in [-0.2, 0) is 30.9 Å². The van der Waals surface area contributed by atoms with E-state index in [9.17, 15) is 18.0 Å². The van der Waals surface area contributed by atoms with Gasteiger partial charge in [0, 0.05) is 10.6 Å². The molecule has 0 aliphatic heterocycles. The van der Waals surface area contributed by atoms with Crippen LogP contribution in [0.1, 0.15) is 15.9 Å². The molecule has 0 spiro atoms. The lowest BCUT2D eigenvalue weighted by Gasteiger charge is -2.10. The first-order valence-electron chi connectivity index (χ1n) is 7.41. The van der Waals surface area contributed by atoms with E-state index in [1.165, 1.54) is 24.3 Å². The summed E-state index contributed by atoms with van der Waals surface area (Å²) < 4.78 is 36.4. The molecule has 2 aromatic rings. The minimum atomic E-state index is -4.11. The zero-order valence-corrected chi connectivity index (χ0v) is 15.3. The van der Waals surface area contributed by atoms with Gasteiger partial charge in [0.05, 0.1) is 17.6 Å². The number of methoxy groups -OCH3 is 1. The van der Waals surface area contributed by atoms with Gasteiger partial charge in [-0.2, -0.15) is 4.72 Å². The number of nitrogens with one attached hydrogen (secondary N) is 1. The Labute approximate surface area is 155 Å². The molecule has 0 aromatic heterocycles. The van der Waals surface area contributed by atoms with Gasteiger partial charge in [-0.1, -0.05) is 41.9 Å². The summed E-state index contributed by atoms with van der Waals surface area (Å²) in [7, 11) is -2.97. The van der Waals surface area contributed by atoms with Crippen LogP contribution in [-0.4, -0.2) is 34.0 Å². The van der Waals surface area contributed by atoms with Crippen molar-refractivity contribution in [2.75, 3.05) is 13.7 Å². The van der Waals surface area contributed by atoms with E-state index in [0.29, 0.717) is 10.6 Å². The molecule has 0 atom stereocenters. The van der Waals surface area contributed by atoms with Crippen molar-refractivity contribution in [1.29, 1.82) is 0 Å². The second kappa shape index (κ2) is 8.79. The van der Waals surface area contributed by atoms with Gasteiger partial charge in [-0.05, 0) is 18.2 Å². The minimum Gasteiger partial charge on any atom is -0.465 e. The lowest BCUT2D eigenvalue weighted by Crippen LogP contribution is -2.31. The Morgan fingerprint density at radius 3 is 2.42 bits per heavy atom. The van der Waals surface area contributed by atoms with Crippen molar-refractivity contribution in [2.24, 2.45) is 0 Å². The number of carbonyl (C=O) groups is 2. The fourth-order valence-corrected chi connectivity index (χ4v) is 3.39. The zero-order chi connectivity index (χ0) is 19.2. The average molecular weight is 398 g/mol. The largest absolute Gasteiger partial charge is 0.465 e. The summed E-state index contributed by atoms with van der Waals surface area (Å²) in [5, 5.41) is 0.438. The maximum atomic E-state index is 12.4. The van der Waals surface area contributed by atoms with Gasteiger partial charge in [-0.3, -0.25) is 4.79 Å². The molecule has 2 rings (SSSR count). The number of sulfonamides is 1. The maximum Gasteiger partial charge on any atom is 0.339 e. The topological polar surface area (TPSA) is 98.8 Å². The average Bonchev–Trinajstić information content (AvgIpc) is 2.65. The maximum absolute atomic E-state index is 12.4. The Hall–Kier alpha value is -2.42. The number of carbonyl (C=O) groups excluding carboxylic acids is 2. The molecule has 0 amide bonds. The van der Waals surface area contributed by atoms with Crippen molar-refractivity contribution >= 4 is 33.6 Å². The van der Waals surface area contributed by atoms with Crippen LogP contribution in [0.25, 0.3) is 0 Å². The van der Waals surface area contributed by atoms with Crippen molar-refractivity contribution in [1.82, 2.24) is 4.72 Å². The van der Waals surface area contributed by atoms with Crippen LogP contribution in [0.5, 0.6) is 0 Å². The quantitative estimate of drug-likeness (QED) is 0.719. The number of hydrogen-bond acceptors (Lipinski definition) is 6. The molecule has 7 nitrogen and oxygen atoms in total. The molecular formula is C17H16ClNO6S. The fourth-order valence-electron chi connectivity index (χ4n) is 2.04. The van der Waals surface area contributed by atoms with Gasteiger partial charge in [-0.15, -0.1) is 0 Å². The highest BCUT2D eigenvalue weighted by Crippen LogP contribution is 2.17. The van der Waals surface area contributed by atoms with Crippen LogP contribution in [0, 0.1) is 0 Å². The lowest BCUT2D eigenvalue weighted by molar-refractivity contribution is -0.143. The predicted molar refractivity (Wildman–Crippen MR) is 94.2 cm³/mol. The molecule has 0 radical (unpaired) electrons. The lowest BCUT2D eigenvalue weighted by atomic mass is 10.2. The fraction of sp³-hybridized carbons (Fsp3) is 0.176. The number of ether oxygens (including phenoxy) is 2. The van der Waals surface area contributed by atoms with Crippen molar-refractivity contribution < 1.29 is 27.5 Å². The molecule has 0 unspecified atom stereocenters. The Balaban J connectivity index is 2.01. The molecule has 9 heteroatoms. The highest BCUT2D eigenvalue weighted by Gasteiger charge is 2.23. The highest BCUT2D eigenvalue weighted by molar-refractivity contribution is 7.89. The normalized spacial score (nSPS) is 11.0. The molecule has 2 aromatic carbocycles. The summed E-state index contributed by atoms with van der Waals surface area (Å²) in [6, 6.07) is 12.3. The van der Waals surface area contributed by atoms with Crippen molar-refractivity contribution in [3.8, 4) is 0 Å². The number of benzene rings is 2. The van der Waals surface area contributed by atoms with Crippen molar-refractivity contribution in [2.45, 2.75) is 11.5 Å². The first kappa shape index (κ1) is 19.9. The smallest absolute Gasteiger partial charge is 0.339 e. The summed E-state index contributed by atoms with van der Waals surface area (Å²) in [4.78, 5) is 23.2. The van der Waals surface area contributed by atoms with E-state index in [1.54, 1.807) is 24.3 Å². The third kappa shape index (κ3) is 5.04. The second-order valence-electron chi connectivity index (χ2n) is 5.06. The molecule has 0 saturated heterocycles. The Morgan fingerprint density at radius 2 is 1.73 bits per heavy atom. The molecule has 138 valence electrons. The van der Waals surface area contributed by atoms with Crippen molar-refractivity contribution in [3.05, 3.63) is 64.7 Å². The predicted octanol–water partition coefficient (Wildman–Crippen LogP) is 2.15. The highest BCUT2D eigenvalue weighted by atomic mass is 35.5. The molecule has 0 fully saturated rings. The van der Waals surface area contributed by atoms with Crippen molar-refractivity contribution in [3.63, 3.8) is 0 Å². The van der Waals surface area contributed by atoms with Gasteiger partial charge in [0.2, 0.25) is 10.0 Å². The van der Waals surface area contributed by atoms with E-state index in [4.69, 9.17) is 16.3 Å². The van der Waals surface area contributed by atoms with Crippen LogP contribution in [0.3, 0.4) is 0 Å². The molecule has 0 aliphatic carbocycles. The van der Waals surface area contributed by atoms with Gasteiger partial charge in [0.1, 0.15) is 13.2 Å². The first-order chi connectivity index (χ1) is 12.3. The molecule has 0 bridgehead atoms. The summed E-state index contributed by atoms with van der Waals surface area (Å²) in [5.74, 6) is -1.59. The zero-order valence-electron chi connectivity index (χ0n) is 13.8. The summed E-state index contributed by atoms with van der Waals surface area (Å²) in [5.41, 5.74) is 0.466. The number of hydrogen-bond donors (Lipinski definition) is 1. The third-order valence-electron chi connectivity index (χ3n) is 3.33. The number of esters is 2. The number of halogens is 1. The molecule has 0 saturated carbocycles. The van der Waals surface area contributed by atoms with Crippen LogP contribution >= 0.6 is 11.6 Å². The second-order valence-corrected chi connectivity index (χ2v) is 7.21. The van der Waals surface area contributed by atoms with Gasteiger partial charge in [-0.25, -0.2) is 13.2 Å². The minimum absolute atomic E-state index is 0.0843.